The molecular formula is C14H10BrCl2FN2O. The predicted octanol–water partition coefficient (Wildman–Crippen LogP) is 4.95. The molecule has 3 nitrogen and oxygen atoms in total. The summed E-state index contributed by atoms with van der Waals surface area (Å²) in [6.07, 6.45) is 0. The fraction of sp³-hybridized carbons (Fsp3) is 0.0714. The van der Waals surface area contributed by atoms with Gasteiger partial charge in [-0.1, -0.05) is 39.1 Å². The van der Waals surface area contributed by atoms with Crippen molar-refractivity contribution in [2.45, 2.75) is 0 Å². The number of anilines is 2. The van der Waals surface area contributed by atoms with Gasteiger partial charge < -0.3 is 10.6 Å². The summed E-state index contributed by atoms with van der Waals surface area (Å²) in [7, 11) is 0. The Labute approximate surface area is 139 Å². The van der Waals surface area contributed by atoms with Gasteiger partial charge in [0.05, 0.1) is 22.9 Å². The van der Waals surface area contributed by atoms with E-state index in [1.165, 1.54) is 6.07 Å². The van der Waals surface area contributed by atoms with Crippen LogP contribution in [-0.2, 0) is 4.79 Å². The Hall–Kier alpha value is -1.30. The van der Waals surface area contributed by atoms with E-state index < -0.39 is 5.82 Å². The van der Waals surface area contributed by atoms with Crippen molar-refractivity contribution in [3.8, 4) is 0 Å². The van der Waals surface area contributed by atoms with E-state index in [4.69, 9.17) is 23.2 Å². The fourth-order valence-corrected chi connectivity index (χ4v) is 2.27. The minimum atomic E-state index is -0.446. The first-order valence-corrected chi connectivity index (χ1v) is 7.44. The van der Waals surface area contributed by atoms with E-state index in [1.807, 2.05) is 0 Å². The number of hydrogen-bond donors (Lipinski definition) is 2. The lowest BCUT2D eigenvalue weighted by Gasteiger charge is -2.10. The third-order valence-electron chi connectivity index (χ3n) is 2.57. The molecule has 0 saturated carbocycles. The Morgan fingerprint density at radius 3 is 2.62 bits per heavy atom. The molecule has 0 aliphatic heterocycles. The molecule has 2 aromatic rings. The zero-order valence-electron chi connectivity index (χ0n) is 10.6. The molecule has 0 atom stereocenters. The van der Waals surface area contributed by atoms with Gasteiger partial charge in [0.25, 0.3) is 0 Å². The first-order valence-electron chi connectivity index (χ1n) is 5.89. The molecule has 2 rings (SSSR count). The summed E-state index contributed by atoms with van der Waals surface area (Å²) < 4.78 is 14.2. The van der Waals surface area contributed by atoms with Crippen molar-refractivity contribution in [3.05, 3.63) is 56.7 Å². The van der Waals surface area contributed by atoms with Gasteiger partial charge >= 0.3 is 0 Å². The van der Waals surface area contributed by atoms with Crippen molar-refractivity contribution in [3.63, 3.8) is 0 Å². The number of hydrogen-bond acceptors (Lipinski definition) is 2. The highest BCUT2D eigenvalue weighted by Gasteiger charge is 2.08. The van der Waals surface area contributed by atoms with Gasteiger partial charge in [-0.05, 0) is 36.4 Å². The Morgan fingerprint density at radius 1 is 1.14 bits per heavy atom. The van der Waals surface area contributed by atoms with Gasteiger partial charge in [0.1, 0.15) is 5.82 Å². The van der Waals surface area contributed by atoms with Crippen LogP contribution >= 0.6 is 39.1 Å². The largest absolute Gasteiger partial charge is 0.374 e. The molecule has 7 heteroatoms. The number of amides is 1. The zero-order valence-corrected chi connectivity index (χ0v) is 13.7. The zero-order chi connectivity index (χ0) is 15.4. The van der Waals surface area contributed by atoms with Crippen LogP contribution in [0.25, 0.3) is 0 Å². The van der Waals surface area contributed by atoms with Gasteiger partial charge in [-0.2, -0.15) is 0 Å². The fourth-order valence-electron chi connectivity index (χ4n) is 1.60. The number of rotatable bonds is 4. The molecule has 0 saturated heterocycles. The molecule has 0 bridgehead atoms. The number of benzene rings is 2. The second kappa shape index (κ2) is 7.11. The van der Waals surface area contributed by atoms with E-state index in [-0.39, 0.29) is 18.1 Å². The van der Waals surface area contributed by atoms with Gasteiger partial charge in [-0.15, -0.1) is 0 Å². The summed E-state index contributed by atoms with van der Waals surface area (Å²) >= 11 is 14.9. The van der Waals surface area contributed by atoms with Crippen molar-refractivity contribution in [1.29, 1.82) is 0 Å². The quantitative estimate of drug-likeness (QED) is 0.774. The Bertz CT molecular complexity index is 682. The molecule has 0 heterocycles. The molecule has 0 aliphatic carbocycles. The average molecular weight is 392 g/mol. The van der Waals surface area contributed by atoms with Gasteiger partial charge in [-0.3, -0.25) is 4.79 Å². The van der Waals surface area contributed by atoms with E-state index in [2.05, 4.69) is 26.6 Å². The molecule has 0 radical (unpaired) electrons. The molecule has 0 aromatic heterocycles. The molecular weight excluding hydrogens is 382 g/mol. The maximum Gasteiger partial charge on any atom is 0.243 e. The predicted molar refractivity (Wildman–Crippen MR) is 87.7 cm³/mol. The van der Waals surface area contributed by atoms with Crippen LogP contribution in [0, 0.1) is 5.82 Å². The van der Waals surface area contributed by atoms with Gasteiger partial charge in [0, 0.05) is 9.50 Å². The molecule has 1 amide bonds. The normalized spacial score (nSPS) is 10.3. The molecule has 2 N–H and O–H groups in total. The van der Waals surface area contributed by atoms with Crippen LogP contribution in [0.2, 0.25) is 10.0 Å². The van der Waals surface area contributed by atoms with Gasteiger partial charge in [0.2, 0.25) is 5.91 Å². The smallest absolute Gasteiger partial charge is 0.243 e. The Morgan fingerprint density at radius 2 is 1.90 bits per heavy atom. The standard InChI is InChI=1S/C14H10BrCl2FN2O/c15-8-1-4-12(11(18)5-8)19-7-14(21)20-13-6-9(16)2-3-10(13)17/h1-6,19H,7H2,(H,20,21). The van der Waals surface area contributed by atoms with E-state index >= 15 is 0 Å². The highest BCUT2D eigenvalue weighted by atomic mass is 79.9. The van der Waals surface area contributed by atoms with Crippen LogP contribution in [0.3, 0.4) is 0 Å². The minimum Gasteiger partial charge on any atom is -0.374 e. The van der Waals surface area contributed by atoms with Crippen molar-refractivity contribution >= 4 is 56.4 Å². The summed E-state index contributed by atoms with van der Waals surface area (Å²) in [4.78, 5) is 11.8. The van der Waals surface area contributed by atoms with Crippen LogP contribution in [-0.4, -0.2) is 12.5 Å². The SMILES string of the molecule is O=C(CNc1ccc(Br)cc1F)Nc1cc(Cl)ccc1Cl. The highest BCUT2D eigenvalue weighted by molar-refractivity contribution is 9.10. The topological polar surface area (TPSA) is 41.1 Å². The monoisotopic (exact) mass is 390 g/mol. The summed E-state index contributed by atoms with van der Waals surface area (Å²) in [5, 5.41) is 6.15. The lowest BCUT2D eigenvalue weighted by molar-refractivity contribution is -0.114. The molecule has 2 aromatic carbocycles. The van der Waals surface area contributed by atoms with E-state index in [0.29, 0.717) is 20.2 Å². The highest BCUT2D eigenvalue weighted by Crippen LogP contribution is 2.25. The number of carbonyl (C=O) groups excluding carboxylic acids is 1. The molecule has 110 valence electrons. The lowest BCUT2D eigenvalue weighted by Crippen LogP contribution is -2.22. The van der Waals surface area contributed by atoms with Gasteiger partial charge in [0.15, 0.2) is 0 Å². The Kier molecular flexibility index (Phi) is 5.45. The number of nitrogens with one attached hydrogen (secondary N) is 2. The van der Waals surface area contributed by atoms with Crippen molar-refractivity contribution in [2.75, 3.05) is 17.2 Å². The molecule has 0 aliphatic rings. The van der Waals surface area contributed by atoms with Crippen LogP contribution in [0.15, 0.2) is 40.9 Å². The maximum atomic E-state index is 13.6. The summed E-state index contributed by atoms with van der Waals surface area (Å²) in [6.45, 7) is -0.0958. The van der Waals surface area contributed by atoms with E-state index in [1.54, 1.807) is 30.3 Å². The summed E-state index contributed by atoms with van der Waals surface area (Å²) in [5.74, 6) is -0.806. The lowest BCUT2D eigenvalue weighted by atomic mass is 10.3. The third kappa shape index (κ3) is 4.59. The van der Waals surface area contributed by atoms with E-state index in [0.717, 1.165) is 0 Å². The van der Waals surface area contributed by atoms with Crippen molar-refractivity contribution < 1.29 is 9.18 Å². The van der Waals surface area contributed by atoms with Crippen LogP contribution < -0.4 is 10.6 Å². The van der Waals surface area contributed by atoms with E-state index in [9.17, 15) is 9.18 Å². The van der Waals surface area contributed by atoms with Crippen LogP contribution in [0.5, 0.6) is 0 Å². The maximum absolute atomic E-state index is 13.6. The summed E-state index contributed by atoms with van der Waals surface area (Å²) in [5.41, 5.74) is 0.651. The molecule has 0 spiro atoms. The van der Waals surface area contributed by atoms with Crippen molar-refractivity contribution in [1.82, 2.24) is 0 Å². The molecule has 0 fully saturated rings. The van der Waals surface area contributed by atoms with Crippen LogP contribution in [0.4, 0.5) is 15.8 Å². The average Bonchev–Trinajstić information content (AvgIpc) is 2.42. The van der Waals surface area contributed by atoms with Crippen molar-refractivity contribution in [2.24, 2.45) is 0 Å². The minimum absolute atomic E-state index is 0.0958. The molecule has 0 unspecified atom stereocenters. The number of halogens is 4. The second-order valence-electron chi connectivity index (χ2n) is 4.15. The second-order valence-corrected chi connectivity index (χ2v) is 5.91. The van der Waals surface area contributed by atoms with Crippen LogP contribution in [0.1, 0.15) is 0 Å². The summed E-state index contributed by atoms with van der Waals surface area (Å²) in [6, 6.07) is 9.28. The Balaban J connectivity index is 1.97. The van der Waals surface area contributed by atoms with Gasteiger partial charge in [-0.25, -0.2) is 4.39 Å². The number of carbonyl (C=O) groups is 1. The first-order chi connectivity index (χ1) is 9.95. The molecule has 21 heavy (non-hydrogen) atoms. The first kappa shape index (κ1) is 16.1. The third-order valence-corrected chi connectivity index (χ3v) is 3.63.